The van der Waals surface area contributed by atoms with Crippen molar-refractivity contribution in [2.45, 2.75) is 6.92 Å². The molecule has 1 N–H and O–H groups in total. The lowest BCUT2D eigenvalue weighted by molar-refractivity contribution is 0.194. The molecule has 0 aliphatic carbocycles. The van der Waals surface area contributed by atoms with E-state index in [2.05, 4.69) is 5.32 Å². The normalized spacial score (nSPS) is 17.7. The van der Waals surface area contributed by atoms with Crippen molar-refractivity contribution in [3.8, 4) is 0 Å². The lowest BCUT2D eigenvalue weighted by atomic mass is 10.5. The van der Waals surface area contributed by atoms with Crippen molar-refractivity contribution in [3.63, 3.8) is 0 Å². The van der Waals surface area contributed by atoms with Gasteiger partial charge in [-0.05, 0) is 14.0 Å². The van der Waals surface area contributed by atoms with Gasteiger partial charge >= 0.3 is 6.03 Å². The molecule has 1 fully saturated rings. The molecular weight excluding hydrogens is 154 g/mol. The summed E-state index contributed by atoms with van der Waals surface area (Å²) in [7, 11) is 1.90. The monoisotopic (exact) mass is 171 g/mol. The third kappa shape index (κ3) is 1.88. The molecule has 0 aromatic heterocycles. The van der Waals surface area contributed by atoms with E-state index in [9.17, 15) is 4.79 Å². The molecule has 70 valence electrons. The number of nitrogens with one attached hydrogen (secondary N) is 1. The molecule has 1 saturated heterocycles. The number of amides is 2. The molecule has 0 bridgehead atoms. The number of carbonyl (C=O) groups excluding carboxylic acids is 1. The largest absolute Gasteiger partial charge is 0.323 e. The molecule has 2 amide bonds. The first kappa shape index (κ1) is 9.32. The van der Waals surface area contributed by atoms with Gasteiger partial charge < -0.3 is 15.1 Å². The first-order valence-corrected chi connectivity index (χ1v) is 4.48. The summed E-state index contributed by atoms with van der Waals surface area (Å²) in [4.78, 5) is 15.2. The average Bonchev–Trinajstić information content (AvgIpc) is 2.43. The van der Waals surface area contributed by atoms with Crippen LogP contribution in [0.5, 0.6) is 0 Å². The zero-order chi connectivity index (χ0) is 8.97. The topological polar surface area (TPSA) is 35.6 Å². The minimum atomic E-state index is 0.188. The van der Waals surface area contributed by atoms with Crippen molar-refractivity contribution in [2.75, 3.05) is 39.8 Å². The summed E-state index contributed by atoms with van der Waals surface area (Å²) in [6.45, 7) is 6.32. The Morgan fingerprint density at radius 2 is 2.08 bits per heavy atom. The predicted molar refractivity (Wildman–Crippen MR) is 48.1 cm³/mol. The zero-order valence-electron chi connectivity index (χ0n) is 7.84. The quantitative estimate of drug-likeness (QED) is 0.644. The van der Waals surface area contributed by atoms with Crippen LogP contribution in [0.2, 0.25) is 0 Å². The van der Waals surface area contributed by atoms with Crippen molar-refractivity contribution in [1.82, 2.24) is 15.1 Å². The predicted octanol–water partition coefficient (Wildman–Crippen LogP) is -0.0367. The summed E-state index contributed by atoms with van der Waals surface area (Å²) in [6, 6.07) is 0.188. The van der Waals surface area contributed by atoms with Gasteiger partial charge in [0.05, 0.1) is 0 Å². The van der Waals surface area contributed by atoms with Crippen LogP contribution in [0.15, 0.2) is 0 Å². The molecule has 0 aromatic carbocycles. The van der Waals surface area contributed by atoms with Crippen LogP contribution in [0.1, 0.15) is 6.92 Å². The van der Waals surface area contributed by atoms with E-state index in [-0.39, 0.29) is 6.03 Å². The summed E-state index contributed by atoms with van der Waals surface area (Å²) in [5.41, 5.74) is 0. The van der Waals surface area contributed by atoms with Crippen LogP contribution in [-0.4, -0.2) is 55.6 Å². The van der Waals surface area contributed by atoms with Crippen molar-refractivity contribution in [3.05, 3.63) is 0 Å². The molecule has 0 unspecified atom stereocenters. The molecule has 1 heterocycles. The van der Waals surface area contributed by atoms with E-state index in [4.69, 9.17) is 0 Å². The van der Waals surface area contributed by atoms with Crippen LogP contribution < -0.4 is 5.32 Å². The van der Waals surface area contributed by atoms with E-state index in [1.165, 1.54) is 0 Å². The highest BCUT2D eigenvalue weighted by Gasteiger charge is 2.25. The van der Waals surface area contributed by atoms with Gasteiger partial charge in [-0.2, -0.15) is 0 Å². The summed E-state index contributed by atoms with van der Waals surface area (Å²) < 4.78 is 0. The Kier molecular flexibility index (Phi) is 3.34. The highest BCUT2D eigenvalue weighted by molar-refractivity contribution is 5.76. The maximum Gasteiger partial charge on any atom is 0.320 e. The lowest BCUT2D eigenvalue weighted by Gasteiger charge is -2.16. The van der Waals surface area contributed by atoms with E-state index in [0.29, 0.717) is 0 Å². The first-order valence-electron chi connectivity index (χ1n) is 4.48. The van der Waals surface area contributed by atoms with Gasteiger partial charge in [0.1, 0.15) is 0 Å². The van der Waals surface area contributed by atoms with E-state index in [1.54, 1.807) is 0 Å². The third-order valence-electron chi connectivity index (χ3n) is 2.19. The summed E-state index contributed by atoms with van der Waals surface area (Å²) >= 11 is 0. The number of carbonyl (C=O) groups is 1. The first-order chi connectivity index (χ1) is 5.79. The summed E-state index contributed by atoms with van der Waals surface area (Å²) in [5.74, 6) is 0. The van der Waals surface area contributed by atoms with Gasteiger partial charge in [0.2, 0.25) is 0 Å². The number of nitrogens with zero attached hydrogens (tertiary/aromatic N) is 2. The second kappa shape index (κ2) is 4.30. The Balaban J connectivity index is 2.33. The van der Waals surface area contributed by atoms with Crippen LogP contribution in [0.25, 0.3) is 0 Å². The molecule has 4 nitrogen and oxygen atoms in total. The molecule has 12 heavy (non-hydrogen) atoms. The number of likely N-dealkylation sites (N-methyl/N-ethyl adjacent to an activating group) is 2. The Hall–Kier alpha value is -0.770. The van der Waals surface area contributed by atoms with Gasteiger partial charge in [-0.1, -0.05) is 0 Å². The van der Waals surface area contributed by atoms with Gasteiger partial charge in [0.25, 0.3) is 0 Å². The van der Waals surface area contributed by atoms with Gasteiger partial charge in [0, 0.05) is 32.7 Å². The number of rotatable bonds is 4. The summed E-state index contributed by atoms with van der Waals surface area (Å²) in [5, 5.41) is 3.04. The van der Waals surface area contributed by atoms with E-state index < -0.39 is 0 Å². The molecule has 0 atom stereocenters. The summed E-state index contributed by atoms with van der Waals surface area (Å²) in [6.07, 6.45) is 0. The fraction of sp³-hybridized carbons (Fsp3) is 0.875. The molecule has 1 rings (SSSR count). The highest BCUT2D eigenvalue weighted by Crippen LogP contribution is 2.06. The van der Waals surface area contributed by atoms with Crippen molar-refractivity contribution >= 4 is 6.03 Å². The average molecular weight is 171 g/mol. The van der Waals surface area contributed by atoms with E-state index in [0.717, 1.165) is 32.7 Å². The van der Waals surface area contributed by atoms with Crippen molar-refractivity contribution < 1.29 is 4.79 Å². The van der Waals surface area contributed by atoms with Crippen LogP contribution >= 0.6 is 0 Å². The smallest absolute Gasteiger partial charge is 0.320 e. The number of hydrogen-bond donors (Lipinski definition) is 1. The second-order valence-corrected chi connectivity index (χ2v) is 2.95. The van der Waals surface area contributed by atoms with Crippen molar-refractivity contribution in [1.29, 1.82) is 0 Å². The fourth-order valence-corrected chi connectivity index (χ4v) is 1.38. The molecule has 0 spiro atoms. The van der Waals surface area contributed by atoms with Crippen LogP contribution in [0.3, 0.4) is 0 Å². The molecule has 0 radical (unpaired) electrons. The number of hydrogen-bond acceptors (Lipinski definition) is 2. The molecule has 0 aromatic rings. The van der Waals surface area contributed by atoms with Crippen LogP contribution in [-0.2, 0) is 0 Å². The Morgan fingerprint density at radius 1 is 1.42 bits per heavy atom. The standard InChI is InChI=1S/C8H17N3O/c1-3-10-6-7-11(8(10)12)5-4-9-2/h9H,3-7H2,1-2H3. The molecule has 4 heteroatoms. The molecule has 0 saturated carbocycles. The SMILES string of the molecule is CCN1CCN(CCNC)C1=O. The minimum absolute atomic E-state index is 0.188. The highest BCUT2D eigenvalue weighted by atomic mass is 16.2. The maximum absolute atomic E-state index is 11.5. The molecule has 1 aliphatic heterocycles. The van der Waals surface area contributed by atoms with Gasteiger partial charge in [-0.3, -0.25) is 0 Å². The van der Waals surface area contributed by atoms with Crippen LogP contribution in [0.4, 0.5) is 4.79 Å². The minimum Gasteiger partial charge on any atom is -0.323 e. The van der Waals surface area contributed by atoms with Gasteiger partial charge in [-0.15, -0.1) is 0 Å². The maximum atomic E-state index is 11.5. The Bertz CT molecular complexity index is 160. The second-order valence-electron chi connectivity index (χ2n) is 2.95. The molecule has 1 aliphatic rings. The van der Waals surface area contributed by atoms with Gasteiger partial charge in [-0.25, -0.2) is 4.79 Å². The van der Waals surface area contributed by atoms with E-state index in [1.807, 2.05) is 23.8 Å². The van der Waals surface area contributed by atoms with Crippen LogP contribution in [0, 0.1) is 0 Å². The molecular formula is C8H17N3O. The number of urea groups is 1. The van der Waals surface area contributed by atoms with Crippen molar-refractivity contribution in [2.24, 2.45) is 0 Å². The van der Waals surface area contributed by atoms with Gasteiger partial charge in [0.15, 0.2) is 0 Å². The third-order valence-corrected chi connectivity index (χ3v) is 2.19. The Labute approximate surface area is 73.5 Å². The fourth-order valence-electron chi connectivity index (χ4n) is 1.38. The Morgan fingerprint density at radius 3 is 2.58 bits per heavy atom. The lowest BCUT2D eigenvalue weighted by Crippen LogP contribution is -2.35. The zero-order valence-corrected chi connectivity index (χ0v) is 7.84. The van der Waals surface area contributed by atoms with E-state index >= 15 is 0 Å².